The van der Waals surface area contributed by atoms with Crippen molar-refractivity contribution >= 4 is 23.2 Å². The second-order valence-corrected chi connectivity index (χ2v) is 4.13. The Labute approximate surface area is 101 Å². The van der Waals surface area contributed by atoms with Gasteiger partial charge in [-0.2, -0.15) is 0 Å². The number of anilines is 1. The van der Waals surface area contributed by atoms with Gasteiger partial charge >= 0.3 is 0 Å². The predicted molar refractivity (Wildman–Crippen MR) is 67.6 cm³/mol. The topological polar surface area (TPSA) is 55.1 Å². The van der Waals surface area contributed by atoms with Gasteiger partial charge in [0.1, 0.15) is 0 Å². The van der Waals surface area contributed by atoms with E-state index in [1.165, 1.54) is 0 Å². The molecule has 0 fully saturated rings. The number of carbonyl (C=O) groups is 1. The number of benzene rings is 1. The maximum absolute atomic E-state index is 11.7. The number of rotatable bonds is 5. The zero-order chi connectivity index (χ0) is 12.0. The minimum absolute atomic E-state index is 0.179. The second kappa shape index (κ2) is 6.51. The molecule has 1 amide bonds. The van der Waals surface area contributed by atoms with Crippen LogP contribution in [0.1, 0.15) is 26.2 Å². The van der Waals surface area contributed by atoms with Crippen LogP contribution >= 0.6 is 11.6 Å². The van der Waals surface area contributed by atoms with Gasteiger partial charge in [0.15, 0.2) is 0 Å². The third-order valence-corrected chi connectivity index (χ3v) is 2.67. The first-order chi connectivity index (χ1) is 7.65. The lowest BCUT2D eigenvalue weighted by Crippen LogP contribution is -2.35. The molecule has 0 radical (unpaired) electrons. The molecule has 16 heavy (non-hydrogen) atoms. The van der Waals surface area contributed by atoms with Crippen LogP contribution in [0.4, 0.5) is 5.69 Å². The van der Waals surface area contributed by atoms with Crippen molar-refractivity contribution in [3.63, 3.8) is 0 Å². The van der Waals surface area contributed by atoms with Crippen LogP contribution in [0.2, 0.25) is 5.02 Å². The Hall–Kier alpha value is -1.06. The van der Waals surface area contributed by atoms with E-state index in [4.69, 9.17) is 17.3 Å². The SMILES string of the molecule is CCCC[C@H](N)C(=O)Nc1ccccc1Cl. The molecule has 0 bridgehead atoms. The van der Waals surface area contributed by atoms with Crippen LogP contribution in [0.15, 0.2) is 24.3 Å². The average molecular weight is 241 g/mol. The fourth-order valence-corrected chi connectivity index (χ4v) is 1.53. The highest BCUT2D eigenvalue weighted by Gasteiger charge is 2.13. The molecule has 0 unspecified atom stereocenters. The van der Waals surface area contributed by atoms with Crippen molar-refractivity contribution < 1.29 is 4.79 Å². The standard InChI is InChI=1S/C12H17ClN2O/c1-2-3-7-10(14)12(16)15-11-8-5-4-6-9(11)13/h4-6,8,10H,2-3,7,14H2,1H3,(H,15,16)/t10-/m0/s1. The molecule has 3 N–H and O–H groups in total. The maximum Gasteiger partial charge on any atom is 0.241 e. The highest BCUT2D eigenvalue weighted by atomic mass is 35.5. The van der Waals surface area contributed by atoms with Gasteiger partial charge in [0, 0.05) is 0 Å². The maximum atomic E-state index is 11.7. The third-order valence-electron chi connectivity index (χ3n) is 2.34. The Morgan fingerprint density at radius 3 is 2.81 bits per heavy atom. The lowest BCUT2D eigenvalue weighted by atomic mass is 10.1. The number of hydrogen-bond donors (Lipinski definition) is 2. The highest BCUT2D eigenvalue weighted by molar-refractivity contribution is 6.33. The molecule has 0 saturated heterocycles. The van der Waals surface area contributed by atoms with Crippen molar-refractivity contribution in [3.8, 4) is 0 Å². The van der Waals surface area contributed by atoms with Crippen molar-refractivity contribution in [1.82, 2.24) is 0 Å². The largest absolute Gasteiger partial charge is 0.323 e. The zero-order valence-electron chi connectivity index (χ0n) is 9.37. The fraction of sp³-hybridized carbons (Fsp3) is 0.417. The molecule has 1 atom stereocenters. The van der Waals surface area contributed by atoms with Crippen molar-refractivity contribution in [2.45, 2.75) is 32.2 Å². The van der Waals surface area contributed by atoms with Gasteiger partial charge in [0.2, 0.25) is 5.91 Å². The Morgan fingerprint density at radius 2 is 2.19 bits per heavy atom. The van der Waals surface area contributed by atoms with E-state index < -0.39 is 6.04 Å². The van der Waals surface area contributed by atoms with Gasteiger partial charge < -0.3 is 11.1 Å². The molecule has 1 aromatic rings. The molecule has 0 aliphatic heterocycles. The summed E-state index contributed by atoms with van der Waals surface area (Å²) in [5, 5.41) is 3.25. The van der Waals surface area contributed by atoms with Crippen molar-refractivity contribution in [1.29, 1.82) is 0 Å². The summed E-state index contributed by atoms with van der Waals surface area (Å²) < 4.78 is 0. The van der Waals surface area contributed by atoms with Crippen molar-refractivity contribution in [3.05, 3.63) is 29.3 Å². The lowest BCUT2D eigenvalue weighted by molar-refractivity contribution is -0.117. The van der Waals surface area contributed by atoms with Crippen LogP contribution < -0.4 is 11.1 Å². The summed E-state index contributed by atoms with van der Waals surface area (Å²) in [7, 11) is 0. The Morgan fingerprint density at radius 1 is 1.50 bits per heavy atom. The monoisotopic (exact) mass is 240 g/mol. The van der Waals surface area contributed by atoms with Crippen LogP contribution in [-0.2, 0) is 4.79 Å². The normalized spacial score (nSPS) is 12.2. The quantitative estimate of drug-likeness (QED) is 0.832. The molecule has 0 aliphatic rings. The first kappa shape index (κ1) is 13.0. The molecule has 0 spiro atoms. The number of unbranched alkanes of at least 4 members (excludes halogenated alkanes) is 1. The molecular formula is C12H17ClN2O. The molecule has 0 heterocycles. The van der Waals surface area contributed by atoms with Crippen LogP contribution in [0.25, 0.3) is 0 Å². The number of hydrogen-bond acceptors (Lipinski definition) is 2. The first-order valence-corrected chi connectivity index (χ1v) is 5.84. The first-order valence-electron chi connectivity index (χ1n) is 5.46. The second-order valence-electron chi connectivity index (χ2n) is 3.72. The zero-order valence-corrected chi connectivity index (χ0v) is 10.1. The molecule has 0 aliphatic carbocycles. The molecule has 88 valence electrons. The minimum atomic E-state index is -0.462. The molecule has 4 heteroatoms. The molecule has 1 rings (SSSR count). The van der Waals surface area contributed by atoms with Gasteiger partial charge in [-0.3, -0.25) is 4.79 Å². The lowest BCUT2D eigenvalue weighted by Gasteiger charge is -2.12. The number of amides is 1. The smallest absolute Gasteiger partial charge is 0.241 e. The van der Waals surface area contributed by atoms with Gasteiger partial charge in [-0.15, -0.1) is 0 Å². The predicted octanol–water partition coefficient (Wildman–Crippen LogP) is 2.80. The summed E-state index contributed by atoms with van der Waals surface area (Å²) in [5.41, 5.74) is 6.36. The van der Waals surface area contributed by atoms with E-state index in [0.717, 1.165) is 12.8 Å². The van der Waals surface area contributed by atoms with Crippen LogP contribution in [0.5, 0.6) is 0 Å². The van der Waals surface area contributed by atoms with Crippen LogP contribution in [0.3, 0.4) is 0 Å². The molecule has 3 nitrogen and oxygen atoms in total. The summed E-state index contributed by atoms with van der Waals surface area (Å²) in [4.78, 5) is 11.7. The van der Waals surface area contributed by atoms with Crippen molar-refractivity contribution in [2.24, 2.45) is 5.73 Å². The highest BCUT2D eigenvalue weighted by Crippen LogP contribution is 2.20. The van der Waals surface area contributed by atoms with E-state index in [2.05, 4.69) is 12.2 Å². The number of halogens is 1. The molecule has 0 aromatic heterocycles. The van der Waals surface area contributed by atoms with E-state index in [1.54, 1.807) is 12.1 Å². The van der Waals surface area contributed by atoms with E-state index in [-0.39, 0.29) is 5.91 Å². The van der Waals surface area contributed by atoms with Gasteiger partial charge in [-0.1, -0.05) is 43.5 Å². The number of nitrogens with one attached hydrogen (secondary N) is 1. The minimum Gasteiger partial charge on any atom is -0.323 e. The number of nitrogens with two attached hydrogens (primary N) is 1. The third kappa shape index (κ3) is 3.83. The summed E-state index contributed by atoms with van der Waals surface area (Å²) in [6.07, 6.45) is 2.69. The van der Waals surface area contributed by atoms with Gasteiger partial charge in [0.25, 0.3) is 0 Å². The molecule has 0 saturated carbocycles. The van der Waals surface area contributed by atoms with E-state index in [9.17, 15) is 4.79 Å². The van der Waals surface area contributed by atoms with E-state index >= 15 is 0 Å². The van der Waals surface area contributed by atoms with Crippen molar-refractivity contribution in [2.75, 3.05) is 5.32 Å². The fourth-order valence-electron chi connectivity index (χ4n) is 1.34. The number of carbonyl (C=O) groups excluding carboxylic acids is 1. The summed E-state index contributed by atoms with van der Waals surface area (Å²) >= 11 is 5.92. The van der Waals surface area contributed by atoms with Gasteiger partial charge in [0.05, 0.1) is 16.8 Å². The summed E-state index contributed by atoms with van der Waals surface area (Å²) in [5.74, 6) is -0.179. The van der Waals surface area contributed by atoms with E-state index in [1.807, 2.05) is 12.1 Å². The van der Waals surface area contributed by atoms with Gasteiger partial charge in [-0.25, -0.2) is 0 Å². The Balaban J connectivity index is 2.54. The van der Waals surface area contributed by atoms with Gasteiger partial charge in [-0.05, 0) is 18.6 Å². The average Bonchev–Trinajstić information content (AvgIpc) is 2.28. The number of para-hydroxylation sites is 1. The Bertz CT molecular complexity index is 355. The summed E-state index contributed by atoms with van der Waals surface area (Å²) in [6.45, 7) is 2.07. The molecular weight excluding hydrogens is 224 g/mol. The summed E-state index contributed by atoms with van der Waals surface area (Å²) in [6, 6.07) is 6.66. The van der Waals surface area contributed by atoms with E-state index in [0.29, 0.717) is 17.1 Å². The molecule has 1 aromatic carbocycles. The Kier molecular flexibility index (Phi) is 5.29. The van der Waals surface area contributed by atoms with Crippen LogP contribution in [0, 0.1) is 0 Å². The van der Waals surface area contributed by atoms with Crippen LogP contribution in [-0.4, -0.2) is 11.9 Å².